The number of likely N-dealkylation sites (N-methyl/N-ethyl adjacent to an activating group) is 2. The van der Waals surface area contributed by atoms with Gasteiger partial charge in [-0.25, -0.2) is 0 Å². The maximum Gasteiger partial charge on any atom is 0.255 e. The molecule has 1 fully saturated rings. The Kier molecular flexibility index (Phi) is 8.73. The number of phenols is 1. The van der Waals surface area contributed by atoms with Gasteiger partial charge in [-0.1, -0.05) is 27.7 Å². The van der Waals surface area contributed by atoms with E-state index >= 15 is 0 Å². The fourth-order valence-corrected chi connectivity index (χ4v) is 7.64. The summed E-state index contributed by atoms with van der Waals surface area (Å²) < 4.78 is 0. The molecule has 0 bridgehead atoms. The van der Waals surface area contributed by atoms with Crippen LogP contribution in [0.1, 0.15) is 50.8 Å². The van der Waals surface area contributed by atoms with E-state index in [9.17, 15) is 39.9 Å². The van der Waals surface area contributed by atoms with Gasteiger partial charge in [-0.15, -0.1) is 0 Å². The minimum Gasteiger partial charge on any atom is -0.508 e. The van der Waals surface area contributed by atoms with Gasteiger partial charge in [0.25, 0.3) is 5.91 Å². The van der Waals surface area contributed by atoms with Crippen LogP contribution in [-0.4, -0.2) is 112 Å². The summed E-state index contributed by atoms with van der Waals surface area (Å²) in [7, 11) is 6.82. The summed E-state index contributed by atoms with van der Waals surface area (Å²) in [6.07, 6.45) is 0.208. The Balaban J connectivity index is 1.93. The van der Waals surface area contributed by atoms with E-state index in [1.807, 2.05) is 25.9 Å². The van der Waals surface area contributed by atoms with Crippen LogP contribution in [0.15, 0.2) is 23.0 Å². The molecule has 4 rings (SSSR count). The van der Waals surface area contributed by atoms with Crippen molar-refractivity contribution in [1.29, 1.82) is 0 Å². The molecule has 3 aliphatic carbocycles. The van der Waals surface area contributed by atoms with E-state index in [-0.39, 0.29) is 47.8 Å². The first-order valence-electron chi connectivity index (χ1n) is 14.9. The molecule has 5 atom stereocenters. The lowest BCUT2D eigenvalue weighted by Crippen LogP contribution is -2.65. The quantitative estimate of drug-likeness (QED) is 0.231. The molecule has 0 aliphatic heterocycles. The molecule has 1 aromatic carbocycles. The van der Waals surface area contributed by atoms with Crippen molar-refractivity contribution in [3.05, 3.63) is 39.7 Å². The molecule has 1 aromatic rings. The van der Waals surface area contributed by atoms with Gasteiger partial charge in [-0.3, -0.25) is 24.2 Å². The molecular weight excluding hydrogens is 568 g/mol. The second-order valence-corrected chi connectivity index (χ2v) is 13.7. The number of anilines is 1. The number of hydrogen-bond donors (Lipinski definition) is 6. The normalized spacial score (nSPS) is 26.1. The monoisotopic (exact) mass is 614 g/mol. The predicted molar refractivity (Wildman–Crippen MR) is 165 cm³/mol. The van der Waals surface area contributed by atoms with Gasteiger partial charge in [0.2, 0.25) is 5.78 Å². The van der Waals surface area contributed by atoms with Crippen molar-refractivity contribution in [3.63, 3.8) is 0 Å². The number of aliphatic hydroxyl groups excluding tert-OH is 3. The third kappa shape index (κ3) is 4.97. The first kappa shape index (κ1) is 33.4. The molecule has 3 aliphatic rings. The molecule has 0 saturated heterocycles. The first-order chi connectivity index (χ1) is 20.3. The number of fused-ring (bicyclic) bond motifs is 3. The van der Waals surface area contributed by atoms with Crippen LogP contribution in [0.4, 0.5) is 5.69 Å². The Morgan fingerprint density at radius 1 is 1.14 bits per heavy atom. The zero-order valence-corrected chi connectivity index (χ0v) is 26.8. The first-order valence-corrected chi connectivity index (χ1v) is 14.9. The highest BCUT2D eigenvalue weighted by Gasteiger charge is 2.64. The molecule has 1 amide bonds. The number of Topliss-reactive ketones (excluding diaryl/α,β-unsaturated/α-hetero) is 2. The van der Waals surface area contributed by atoms with E-state index in [1.165, 1.54) is 4.90 Å². The van der Waals surface area contributed by atoms with Crippen molar-refractivity contribution >= 4 is 28.9 Å². The summed E-state index contributed by atoms with van der Waals surface area (Å²) in [6.45, 7) is 9.11. The number of carbonyl (C=O) groups is 3. The molecule has 0 unspecified atom stereocenters. The van der Waals surface area contributed by atoms with E-state index in [2.05, 4.69) is 25.7 Å². The molecular formula is C32H46N4O8. The van der Waals surface area contributed by atoms with Crippen LogP contribution in [0.5, 0.6) is 5.75 Å². The van der Waals surface area contributed by atoms with Gasteiger partial charge >= 0.3 is 0 Å². The number of nitrogens with two attached hydrogens (primary N) is 1. The number of hydrogen-bond acceptors (Lipinski definition) is 11. The van der Waals surface area contributed by atoms with E-state index < -0.39 is 58.0 Å². The molecule has 0 radical (unpaired) electrons. The lowest BCUT2D eigenvalue weighted by Gasteiger charge is -2.50. The summed E-state index contributed by atoms with van der Waals surface area (Å²) in [4.78, 5) is 45.1. The number of rotatable bonds is 8. The minimum atomic E-state index is -2.68. The Labute approximate surface area is 258 Å². The lowest BCUT2D eigenvalue weighted by atomic mass is 9.57. The maximum atomic E-state index is 14.1. The van der Waals surface area contributed by atoms with Crippen LogP contribution in [0, 0.1) is 17.3 Å². The Morgan fingerprint density at radius 2 is 1.75 bits per heavy atom. The fraction of sp³-hybridized carbons (Fsp3) is 0.594. The van der Waals surface area contributed by atoms with Crippen molar-refractivity contribution in [3.8, 4) is 5.75 Å². The van der Waals surface area contributed by atoms with Crippen molar-refractivity contribution in [1.82, 2.24) is 9.80 Å². The smallest absolute Gasteiger partial charge is 0.255 e. The topological polar surface area (TPSA) is 188 Å². The van der Waals surface area contributed by atoms with E-state index in [0.717, 1.165) is 11.3 Å². The van der Waals surface area contributed by atoms with Crippen LogP contribution in [0.25, 0.3) is 5.76 Å². The Bertz CT molecular complexity index is 1460. The van der Waals surface area contributed by atoms with E-state index in [1.54, 1.807) is 20.2 Å². The number of carbonyl (C=O) groups excluding carboxylic acids is 3. The van der Waals surface area contributed by atoms with Crippen LogP contribution in [0.3, 0.4) is 0 Å². The highest BCUT2D eigenvalue weighted by molar-refractivity contribution is 6.24. The van der Waals surface area contributed by atoms with Crippen LogP contribution in [0.2, 0.25) is 0 Å². The SMILES string of the molecule is CCN(Cc1cc(O)c2c(c1N(C)C)C[C@H]1C[C@H]3[C@H](N(C)C)C(=O)C(C(N)=O)=C(O)[C@@]3(O)C(=O)C1=C2O)[C@H](CO)C(C)(C)C. The minimum absolute atomic E-state index is 0.0152. The maximum absolute atomic E-state index is 14.1. The number of aromatic hydroxyl groups is 1. The number of benzene rings is 1. The van der Waals surface area contributed by atoms with E-state index in [0.29, 0.717) is 18.7 Å². The van der Waals surface area contributed by atoms with Gasteiger partial charge < -0.3 is 36.2 Å². The largest absolute Gasteiger partial charge is 0.508 e. The predicted octanol–water partition coefficient (Wildman–Crippen LogP) is 1.26. The van der Waals surface area contributed by atoms with Crippen molar-refractivity contribution in [2.24, 2.45) is 23.0 Å². The molecule has 0 heterocycles. The number of aliphatic hydroxyl groups is 4. The standard InChI is InChI=1S/C32H46N4O8/c1-9-36(20(14-37)31(2,3)4)13-16-12-19(38)22-17(24(16)34(5)6)10-15-11-18-25(35(7)8)27(40)23(30(33)43)29(42)32(18,44)28(41)21(15)26(22)39/h12,15,18,20,25,37-39,42,44H,9-11,13-14H2,1-8H3,(H2,33,43)/t15-,18-,20+,25-,32-/m0/s1. The number of ketones is 2. The highest BCUT2D eigenvalue weighted by Crippen LogP contribution is 2.54. The fourth-order valence-electron chi connectivity index (χ4n) is 7.64. The van der Waals surface area contributed by atoms with Gasteiger partial charge in [-0.05, 0) is 62.0 Å². The number of primary amides is 1. The average molecular weight is 615 g/mol. The van der Waals surface area contributed by atoms with Crippen LogP contribution >= 0.6 is 0 Å². The zero-order chi connectivity index (χ0) is 33.2. The van der Waals surface area contributed by atoms with Crippen molar-refractivity contribution < 1.29 is 39.9 Å². The summed E-state index contributed by atoms with van der Waals surface area (Å²) in [5.41, 5.74) is 3.60. The number of amides is 1. The van der Waals surface area contributed by atoms with E-state index in [4.69, 9.17) is 5.73 Å². The second-order valence-electron chi connectivity index (χ2n) is 13.7. The summed E-state index contributed by atoms with van der Waals surface area (Å²) in [6, 6.07) is 0.221. The third-order valence-corrected chi connectivity index (χ3v) is 9.61. The molecule has 44 heavy (non-hydrogen) atoms. The highest BCUT2D eigenvalue weighted by atomic mass is 16.3. The molecule has 12 heteroatoms. The summed E-state index contributed by atoms with van der Waals surface area (Å²) in [5, 5.41) is 56.0. The van der Waals surface area contributed by atoms with Crippen LogP contribution < -0.4 is 10.6 Å². The molecule has 7 N–H and O–H groups in total. The molecule has 0 aromatic heterocycles. The summed E-state index contributed by atoms with van der Waals surface area (Å²) >= 11 is 0. The third-order valence-electron chi connectivity index (χ3n) is 9.61. The van der Waals surface area contributed by atoms with Gasteiger partial charge in [0.1, 0.15) is 22.8 Å². The van der Waals surface area contributed by atoms with Crippen molar-refractivity contribution in [2.45, 2.75) is 64.8 Å². The number of phenolic OH excluding ortho intramolecular Hbond substituents is 1. The Hall–Kier alpha value is -3.45. The van der Waals surface area contributed by atoms with Crippen molar-refractivity contribution in [2.75, 3.05) is 46.2 Å². The van der Waals surface area contributed by atoms with Gasteiger partial charge in [0.15, 0.2) is 11.4 Å². The van der Waals surface area contributed by atoms with Gasteiger partial charge in [0, 0.05) is 43.9 Å². The second kappa shape index (κ2) is 11.5. The molecule has 1 saturated carbocycles. The number of nitrogens with zero attached hydrogens (tertiary/aromatic N) is 3. The molecule has 12 nitrogen and oxygen atoms in total. The average Bonchev–Trinajstić information content (AvgIpc) is 2.89. The van der Waals surface area contributed by atoms with Gasteiger partial charge in [0.05, 0.1) is 18.2 Å². The zero-order valence-electron chi connectivity index (χ0n) is 26.8. The lowest BCUT2D eigenvalue weighted by molar-refractivity contribution is -0.153. The molecule has 242 valence electrons. The molecule has 0 spiro atoms. The van der Waals surface area contributed by atoms with Gasteiger partial charge in [-0.2, -0.15) is 0 Å². The van der Waals surface area contributed by atoms with Crippen LogP contribution in [-0.2, 0) is 27.3 Å². The summed E-state index contributed by atoms with van der Waals surface area (Å²) in [5.74, 6) is -6.82. The Morgan fingerprint density at radius 3 is 2.23 bits per heavy atom.